The van der Waals surface area contributed by atoms with Crippen molar-refractivity contribution in [3.8, 4) is 0 Å². The van der Waals surface area contributed by atoms with Crippen LogP contribution in [0, 0.1) is 0 Å². The molecule has 1 saturated heterocycles. The lowest BCUT2D eigenvalue weighted by Gasteiger charge is -2.18. The zero-order chi connectivity index (χ0) is 10.1. The Morgan fingerprint density at radius 2 is 2.33 bits per heavy atom. The predicted octanol–water partition coefficient (Wildman–Crippen LogP) is 1.45. The van der Waals surface area contributed by atoms with Crippen molar-refractivity contribution in [1.29, 1.82) is 0 Å². The fourth-order valence-corrected chi connectivity index (χ4v) is 2.30. The van der Waals surface area contributed by atoms with Crippen LogP contribution in [-0.4, -0.2) is 34.3 Å². The molecule has 15 heavy (non-hydrogen) atoms. The first kappa shape index (κ1) is 9.47. The number of hydrogen-bond donors (Lipinski definition) is 1. The van der Waals surface area contributed by atoms with E-state index >= 15 is 0 Å². The van der Waals surface area contributed by atoms with Gasteiger partial charge in [-0.15, -0.1) is 0 Å². The van der Waals surface area contributed by atoms with Gasteiger partial charge in [0.1, 0.15) is 6.10 Å². The van der Waals surface area contributed by atoms with E-state index in [2.05, 4.69) is 15.5 Å². The summed E-state index contributed by atoms with van der Waals surface area (Å²) < 4.78 is 10.7. The van der Waals surface area contributed by atoms with Crippen molar-refractivity contribution in [1.82, 2.24) is 10.1 Å². The van der Waals surface area contributed by atoms with Crippen LogP contribution in [0.3, 0.4) is 0 Å². The molecule has 0 radical (unpaired) electrons. The molecule has 1 N–H and O–H groups in total. The molecule has 82 valence electrons. The van der Waals surface area contributed by atoms with Crippen molar-refractivity contribution >= 4 is 17.8 Å². The van der Waals surface area contributed by atoms with Crippen LogP contribution in [0.4, 0.5) is 6.01 Å². The number of rotatable bonds is 3. The van der Waals surface area contributed by atoms with Gasteiger partial charge in [-0.05, 0) is 12.8 Å². The second kappa shape index (κ2) is 4.02. The summed E-state index contributed by atoms with van der Waals surface area (Å²) in [4.78, 5) is 4.29. The van der Waals surface area contributed by atoms with Gasteiger partial charge in [0.2, 0.25) is 5.82 Å². The van der Waals surface area contributed by atoms with Crippen LogP contribution >= 0.6 is 11.8 Å². The summed E-state index contributed by atoms with van der Waals surface area (Å²) in [7, 11) is 0. The zero-order valence-corrected chi connectivity index (χ0v) is 9.13. The molecule has 5 nitrogen and oxygen atoms in total. The standard InChI is InChI=1S/C9H13N3O2S/c1-2-6(1)10-9-11-8(12-14-9)7-5-15-4-3-13-7/h6-7H,1-5H2,(H,10,11,12). The van der Waals surface area contributed by atoms with Gasteiger partial charge in [-0.1, -0.05) is 5.16 Å². The van der Waals surface area contributed by atoms with Gasteiger partial charge in [-0.3, -0.25) is 0 Å². The molecule has 3 rings (SSSR count). The maximum absolute atomic E-state index is 5.56. The quantitative estimate of drug-likeness (QED) is 0.843. The van der Waals surface area contributed by atoms with Crippen LogP contribution in [0.15, 0.2) is 4.52 Å². The molecule has 1 aromatic heterocycles. The van der Waals surface area contributed by atoms with Gasteiger partial charge in [0, 0.05) is 17.5 Å². The first-order valence-electron chi connectivity index (χ1n) is 5.21. The Kier molecular flexibility index (Phi) is 2.54. The Labute approximate surface area is 91.9 Å². The molecule has 1 unspecified atom stereocenters. The number of aromatic nitrogens is 2. The van der Waals surface area contributed by atoms with Crippen LogP contribution < -0.4 is 5.32 Å². The highest BCUT2D eigenvalue weighted by molar-refractivity contribution is 7.99. The van der Waals surface area contributed by atoms with Crippen LogP contribution in [0.2, 0.25) is 0 Å². The van der Waals surface area contributed by atoms with Crippen LogP contribution in [0.1, 0.15) is 24.8 Å². The molecule has 2 heterocycles. The topological polar surface area (TPSA) is 60.2 Å². The SMILES string of the molecule is C1CSCC(c2noc(NC3CC3)n2)O1. The largest absolute Gasteiger partial charge is 0.368 e. The summed E-state index contributed by atoms with van der Waals surface area (Å²) in [5.41, 5.74) is 0. The van der Waals surface area contributed by atoms with Crippen molar-refractivity contribution in [3.63, 3.8) is 0 Å². The monoisotopic (exact) mass is 227 g/mol. The van der Waals surface area contributed by atoms with Crippen LogP contribution in [0.25, 0.3) is 0 Å². The minimum atomic E-state index is 0.00209. The second-order valence-electron chi connectivity index (χ2n) is 3.81. The molecule has 1 aliphatic carbocycles. The Bertz CT molecular complexity index is 334. The fraction of sp³-hybridized carbons (Fsp3) is 0.778. The van der Waals surface area contributed by atoms with Gasteiger partial charge in [0.15, 0.2) is 0 Å². The molecule has 6 heteroatoms. The number of nitrogens with one attached hydrogen (secondary N) is 1. The third-order valence-corrected chi connectivity index (χ3v) is 3.44. The summed E-state index contributed by atoms with van der Waals surface area (Å²) in [6.45, 7) is 0.773. The molecule has 0 bridgehead atoms. The minimum Gasteiger partial charge on any atom is -0.368 e. The maximum atomic E-state index is 5.56. The highest BCUT2D eigenvalue weighted by atomic mass is 32.2. The molecule has 1 atom stereocenters. The van der Waals surface area contributed by atoms with Gasteiger partial charge in [0.05, 0.1) is 6.61 Å². The Morgan fingerprint density at radius 1 is 1.40 bits per heavy atom. The zero-order valence-electron chi connectivity index (χ0n) is 8.31. The molecule has 0 amide bonds. The van der Waals surface area contributed by atoms with E-state index in [1.165, 1.54) is 12.8 Å². The lowest BCUT2D eigenvalue weighted by molar-refractivity contribution is 0.0677. The van der Waals surface area contributed by atoms with Gasteiger partial charge in [-0.25, -0.2) is 0 Å². The van der Waals surface area contributed by atoms with Crippen molar-refractivity contribution in [2.24, 2.45) is 0 Å². The highest BCUT2D eigenvalue weighted by Crippen LogP contribution is 2.27. The molecular weight excluding hydrogens is 214 g/mol. The molecule has 1 aromatic rings. The average Bonchev–Trinajstić information content (AvgIpc) is 2.96. The first-order chi connectivity index (χ1) is 7.42. The molecule has 2 fully saturated rings. The number of thioether (sulfide) groups is 1. The van der Waals surface area contributed by atoms with E-state index in [4.69, 9.17) is 9.26 Å². The molecule has 1 saturated carbocycles. The molecular formula is C9H13N3O2S. The number of anilines is 1. The van der Waals surface area contributed by atoms with Gasteiger partial charge in [-0.2, -0.15) is 16.7 Å². The third kappa shape index (κ3) is 2.26. The van der Waals surface area contributed by atoms with Crippen LogP contribution in [-0.2, 0) is 4.74 Å². The van der Waals surface area contributed by atoms with E-state index in [-0.39, 0.29) is 6.10 Å². The fourth-order valence-electron chi connectivity index (χ4n) is 1.46. The lowest BCUT2D eigenvalue weighted by atomic mass is 10.4. The average molecular weight is 227 g/mol. The Hall–Kier alpha value is -0.750. The smallest absolute Gasteiger partial charge is 0.321 e. The van der Waals surface area contributed by atoms with Gasteiger partial charge in [0.25, 0.3) is 0 Å². The predicted molar refractivity (Wildman–Crippen MR) is 57.0 cm³/mol. The summed E-state index contributed by atoms with van der Waals surface area (Å²) in [6, 6.07) is 1.08. The summed E-state index contributed by atoms with van der Waals surface area (Å²) in [6.07, 6.45) is 2.41. The van der Waals surface area contributed by atoms with E-state index in [9.17, 15) is 0 Å². The van der Waals surface area contributed by atoms with Gasteiger partial charge < -0.3 is 14.6 Å². The van der Waals surface area contributed by atoms with Crippen LogP contribution in [0.5, 0.6) is 0 Å². The normalized spacial score (nSPS) is 26.5. The van der Waals surface area contributed by atoms with Crippen molar-refractivity contribution in [2.45, 2.75) is 25.0 Å². The van der Waals surface area contributed by atoms with E-state index in [1.54, 1.807) is 0 Å². The van der Waals surface area contributed by atoms with Gasteiger partial charge >= 0.3 is 6.01 Å². The number of hydrogen-bond acceptors (Lipinski definition) is 6. The van der Waals surface area contributed by atoms with E-state index in [0.29, 0.717) is 17.9 Å². The highest BCUT2D eigenvalue weighted by Gasteiger charge is 2.26. The number of ether oxygens (including phenoxy) is 1. The van der Waals surface area contributed by atoms with E-state index < -0.39 is 0 Å². The Morgan fingerprint density at radius 3 is 3.07 bits per heavy atom. The molecule has 2 aliphatic rings. The number of nitrogens with zero attached hydrogens (tertiary/aromatic N) is 2. The molecule has 0 spiro atoms. The van der Waals surface area contributed by atoms with E-state index in [0.717, 1.165) is 18.1 Å². The summed E-state index contributed by atoms with van der Waals surface area (Å²) in [5, 5.41) is 7.11. The minimum absolute atomic E-state index is 0.00209. The maximum Gasteiger partial charge on any atom is 0.321 e. The van der Waals surface area contributed by atoms with Crippen molar-refractivity contribution in [3.05, 3.63) is 5.82 Å². The summed E-state index contributed by atoms with van der Waals surface area (Å²) >= 11 is 1.87. The second-order valence-corrected chi connectivity index (χ2v) is 4.96. The molecule has 1 aliphatic heterocycles. The van der Waals surface area contributed by atoms with Crippen molar-refractivity contribution in [2.75, 3.05) is 23.4 Å². The lowest BCUT2D eigenvalue weighted by Crippen LogP contribution is -2.16. The van der Waals surface area contributed by atoms with E-state index in [1.807, 2.05) is 11.8 Å². The van der Waals surface area contributed by atoms with Crippen molar-refractivity contribution < 1.29 is 9.26 Å². The Balaban J connectivity index is 1.65. The summed E-state index contributed by atoms with van der Waals surface area (Å²) in [5.74, 6) is 2.65. The first-order valence-corrected chi connectivity index (χ1v) is 6.37. The third-order valence-electron chi connectivity index (χ3n) is 2.45. The molecule has 0 aromatic carbocycles.